The Bertz CT molecular complexity index is 388. The molecule has 0 bridgehead atoms. The molecule has 1 aromatic carbocycles. The van der Waals surface area contributed by atoms with Gasteiger partial charge in [0.15, 0.2) is 0 Å². The standard InChI is InChI=1S/C12H15Cl2NO.C2H6.CH4O/c1-15-5-4-9(12(16)7-15)8-2-3-10(13)11(14)6-8;2*1-2/h2-3,6,9,12,16H,4-5,7H2,1H3;1-2H3;2H,1H3/t9-,12?;;/m1../s1. The van der Waals surface area contributed by atoms with Crippen molar-refractivity contribution < 1.29 is 10.2 Å². The van der Waals surface area contributed by atoms with E-state index >= 15 is 0 Å². The van der Waals surface area contributed by atoms with Gasteiger partial charge < -0.3 is 15.1 Å². The zero-order chi connectivity index (χ0) is 15.7. The maximum absolute atomic E-state index is 10.0. The predicted octanol–water partition coefficient (Wildman–Crippen LogP) is 3.41. The lowest BCUT2D eigenvalue weighted by Crippen LogP contribution is -2.40. The van der Waals surface area contributed by atoms with E-state index in [-0.39, 0.29) is 12.0 Å². The van der Waals surface area contributed by atoms with E-state index in [9.17, 15) is 5.11 Å². The second-order valence-corrected chi connectivity index (χ2v) is 5.21. The highest BCUT2D eigenvalue weighted by Gasteiger charge is 2.27. The van der Waals surface area contributed by atoms with Crippen LogP contribution in [0.2, 0.25) is 10.0 Å². The molecule has 0 radical (unpaired) electrons. The van der Waals surface area contributed by atoms with Gasteiger partial charge >= 0.3 is 0 Å². The molecule has 0 saturated carbocycles. The quantitative estimate of drug-likeness (QED) is 0.833. The zero-order valence-corrected chi connectivity index (χ0v) is 14.1. The van der Waals surface area contributed by atoms with Crippen LogP contribution >= 0.6 is 23.2 Å². The molecule has 0 aromatic heterocycles. The molecule has 1 aliphatic rings. The van der Waals surface area contributed by atoms with Crippen LogP contribution in [0.15, 0.2) is 18.2 Å². The lowest BCUT2D eigenvalue weighted by Gasteiger charge is -2.34. The number of benzene rings is 1. The van der Waals surface area contributed by atoms with Crippen LogP contribution in [0.25, 0.3) is 0 Å². The summed E-state index contributed by atoms with van der Waals surface area (Å²) in [6.45, 7) is 5.72. The molecular formula is C15H25Cl2NO2. The van der Waals surface area contributed by atoms with Crippen LogP contribution in [0.4, 0.5) is 0 Å². The molecule has 1 aromatic rings. The normalized spacial score (nSPS) is 22.2. The number of aliphatic hydroxyl groups is 2. The predicted molar refractivity (Wildman–Crippen MR) is 86.8 cm³/mol. The Morgan fingerprint density at radius 3 is 2.25 bits per heavy atom. The molecular weight excluding hydrogens is 297 g/mol. The number of nitrogens with zero attached hydrogens (tertiary/aromatic N) is 1. The number of likely N-dealkylation sites (N-methyl/N-ethyl adjacent to an activating group) is 1. The second kappa shape index (κ2) is 10.4. The smallest absolute Gasteiger partial charge is 0.0735 e. The Balaban J connectivity index is 0.000000829. The Hall–Kier alpha value is -0.320. The van der Waals surface area contributed by atoms with Crippen molar-refractivity contribution in [2.24, 2.45) is 0 Å². The van der Waals surface area contributed by atoms with E-state index in [1.165, 1.54) is 0 Å². The molecule has 1 fully saturated rings. The Morgan fingerprint density at radius 1 is 1.15 bits per heavy atom. The first-order chi connectivity index (χ1) is 9.58. The van der Waals surface area contributed by atoms with Crippen molar-refractivity contribution in [3.05, 3.63) is 33.8 Å². The van der Waals surface area contributed by atoms with Crippen molar-refractivity contribution in [1.82, 2.24) is 4.90 Å². The third-order valence-corrected chi connectivity index (χ3v) is 3.90. The first kappa shape index (κ1) is 19.7. The Kier molecular flexibility index (Phi) is 10.2. The summed E-state index contributed by atoms with van der Waals surface area (Å²) in [4.78, 5) is 2.14. The van der Waals surface area contributed by atoms with Gasteiger partial charge in [0, 0.05) is 19.6 Å². The van der Waals surface area contributed by atoms with Crippen molar-refractivity contribution >= 4 is 23.2 Å². The minimum Gasteiger partial charge on any atom is -0.400 e. The number of likely N-dealkylation sites (tertiary alicyclic amines) is 1. The van der Waals surface area contributed by atoms with E-state index in [1.807, 2.05) is 33.0 Å². The third kappa shape index (κ3) is 5.58. The number of β-amino-alcohol motifs (C(OH)–C–C–N with tert-alkyl or cyclic N) is 1. The van der Waals surface area contributed by atoms with Crippen LogP contribution in [0, 0.1) is 0 Å². The van der Waals surface area contributed by atoms with Crippen LogP contribution in [-0.4, -0.2) is 48.5 Å². The topological polar surface area (TPSA) is 43.7 Å². The fourth-order valence-corrected chi connectivity index (χ4v) is 2.53. The summed E-state index contributed by atoms with van der Waals surface area (Å²) in [6, 6.07) is 5.61. The van der Waals surface area contributed by atoms with Gasteiger partial charge in [-0.15, -0.1) is 0 Å². The molecule has 1 unspecified atom stereocenters. The van der Waals surface area contributed by atoms with Gasteiger partial charge in [0.1, 0.15) is 0 Å². The monoisotopic (exact) mass is 321 g/mol. The van der Waals surface area contributed by atoms with Crippen molar-refractivity contribution in [1.29, 1.82) is 0 Å². The maximum atomic E-state index is 10.0. The minimum atomic E-state index is -0.323. The fourth-order valence-electron chi connectivity index (χ4n) is 2.22. The summed E-state index contributed by atoms with van der Waals surface area (Å²) in [5.41, 5.74) is 1.08. The van der Waals surface area contributed by atoms with Gasteiger partial charge in [0.25, 0.3) is 0 Å². The SMILES string of the molecule is CC.CN1CC[C@H](c2ccc(Cl)c(Cl)c2)C(O)C1.CO. The maximum Gasteiger partial charge on any atom is 0.0735 e. The number of hydrogen-bond acceptors (Lipinski definition) is 3. The molecule has 0 aliphatic carbocycles. The summed E-state index contributed by atoms with van der Waals surface area (Å²) in [6.07, 6.45) is 0.631. The first-order valence-electron chi connectivity index (χ1n) is 6.84. The van der Waals surface area contributed by atoms with Gasteiger partial charge in [-0.2, -0.15) is 0 Å². The highest BCUT2D eigenvalue weighted by Crippen LogP contribution is 2.32. The number of hydrogen-bond donors (Lipinski definition) is 2. The largest absolute Gasteiger partial charge is 0.400 e. The minimum absolute atomic E-state index is 0.172. The zero-order valence-electron chi connectivity index (χ0n) is 12.6. The summed E-state index contributed by atoms with van der Waals surface area (Å²) in [5.74, 6) is 0.172. The number of halogens is 2. The van der Waals surface area contributed by atoms with Gasteiger partial charge in [-0.05, 0) is 37.7 Å². The number of rotatable bonds is 1. The lowest BCUT2D eigenvalue weighted by molar-refractivity contribution is 0.0638. The van der Waals surface area contributed by atoms with Crippen LogP contribution in [0.5, 0.6) is 0 Å². The van der Waals surface area contributed by atoms with E-state index in [1.54, 1.807) is 6.07 Å². The Labute approximate surface area is 132 Å². The molecule has 2 rings (SSSR count). The van der Waals surface area contributed by atoms with E-state index in [0.29, 0.717) is 16.6 Å². The Morgan fingerprint density at radius 2 is 1.75 bits per heavy atom. The third-order valence-electron chi connectivity index (χ3n) is 3.16. The van der Waals surface area contributed by atoms with Gasteiger partial charge in [0.05, 0.1) is 16.1 Å². The van der Waals surface area contributed by atoms with Gasteiger partial charge in [0.2, 0.25) is 0 Å². The molecule has 2 N–H and O–H groups in total. The van der Waals surface area contributed by atoms with Crippen molar-refractivity contribution in [3.8, 4) is 0 Å². The first-order valence-corrected chi connectivity index (χ1v) is 7.60. The summed E-state index contributed by atoms with van der Waals surface area (Å²) >= 11 is 11.9. The molecule has 116 valence electrons. The van der Waals surface area contributed by atoms with Crippen LogP contribution < -0.4 is 0 Å². The molecule has 1 aliphatic heterocycles. The average molecular weight is 322 g/mol. The number of aliphatic hydroxyl groups excluding tert-OH is 2. The van der Waals surface area contributed by atoms with Crippen molar-refractivity contribution in [2.75, 3.05) is 27.2 Å². The summed E-state index contributed by atoms with van der Waals surface area (Å²) in [5, 5.41) is 18.2. The molecule has 0 spiro atoms. The molecule has 20 heavy (non-hydrogen) atoms. The van der Waals surface area contributed by atoms with E-state index in [4.69, 9.17) is 28.3 Å². The molecule has 2 atom stereocenters. The second-order valence-electron chi connectivity index (χ2n) is 4.40. The highest BCUT2D eigenvalue weighted by molar-refractivity contribution is 6.42. The van der Waals surface area contributed by atoms with E-state index in [2.05, 4.69) is 4.90 Å². The van der Waals surface area contributed by atoms with Crippen LogP contribution in [0.1, 0.15) is 31.7 Å². The van der Waals surface area contributed by atoms with Crippen LogP contribution in [0.3, 0.4) is 0 Å². The summed E-state index contributed by atoms with van der Waals surface area (Å²) < 4.78 is 0. The van der Waals surface area contributed by atoms with Gasteiger partial charge in [-0.25, -0.2) is 0 Å². The van der Waals surface area contributed by atoms with Crippen molar-refractivity contribution in [2.45, 2.75) is 32.3 Å². The lowest BCUT2D eigenvalue weighted by atomic mass is 9.87. The highest BCUT2D eigenvalue weighted by atomic mass is 35.5. The molecule has 1 heterocycles. The number of piperidine rings is 1. The molecule has 3 nitrogen and oxygen atoms in total. The molecule has 1 saturated heterocycles. The average Bonchev–Trinajstić information content (AvgIpc) is 2.46. The van der Waals surface area contributed by atoms with E-state index in [0.717, 1.165) is 25.6 Å². The van der Waals surface area contributed by atoms with Crippen molar-refractivity contribution in [3.63, 3.8) is 0 Å². The van der Waals surface area contributed by atoms with Crippen LogP contribution in [-0.2, 0) is 0 Å². The van der Waals surface area contributed by atoms with E-state index < -0.39 is 0 Å². The van der Waals surface area contributed by atoms with Gasteiger partial charge in [-0.3, -0.25) is 0 Å². The molecule has 5 heteroatoms. The fraction of sp³-hybridized carbons (Fsp3) is 0.600. The molecule has 0 amide bonds. The summed E-state index contributed by atoms with van der Waals surface area (Å²) in [7, 11) is 3.02. The van der Waals surface area contributed by atoms with Gasteiger partial charge in [-0.1, -0.05) is 43.1 Å².